The van der Waals surface area contributed by atoms with Gasteiger partial charge in [0, 0.05) is 25.6 Å². The van der Waals surface area contributed by atoms with Crippen LogP contribution in [0.1, 0.15) is 33.1 Å². The number of rotatable bonds is 4. The molecular formula is C12H21NO2. The van der Waals surface area contributed by atoms with Crippen molar-refractivity contribution < 1.29 is 9.53 Å². The molecular weight excluding hydrogens is 190 g/mol. The van der Waals surface area contributed by atoms with Gasteiger partial charge in [0.1, 0.15) is 5.78 Å². The normalized spacial score (nSPS) is 31.5. The molecule has 15 heavy (non-hydrogen) atoms. The minimum atomic E-state index is 0.00130. The molecule has 0 radical (unpaired) electrons. The summed E-state index contributed by atoms with van der Waals surface area (Å²) in [7, 11) is 1.71. The predicted molar refractivity (Wildman–Crippen MR) is 58.7 cm³/mol. The van der Waals surface area contributed by atoms with Crippen LogP contribution in [0.3, 0.4) is 0 Å². The van der Waals surface area contributed by atoms with E-state index in [2.05, 4.69) is 5.32 Å². The maximum Gasteiger partial charge on any atom is 0.135 e. The Kier molecular flexibility index (Phi) is 2.86. The topological polar surface area (TPSA) is 38.3 Å². The molecule has 0 aromatic rings. The number of hydrogen-bond acceptors (Lipinski definition) is 3. The predicted octanol–water partition coefficient (Wildman–Crippen LogP) is 1.37. The zero-order valence-corrected chi connectivity index (χ0v) is 9.88. The molecule has 3 heteroatoms. The highest BCUT2D eigenvalue weighted by atomic mass is 16.5. The SMILES string of the molecule is CO[C@@H]([C@@H]1CC2(CC2)CN1)[C@@H](C)C(C)=O. The third kappa shape index (κ3) is 2.08. The second-order valence-electron chi connectivity index (χ2n) is 5.29. The molecule has 3 atom stereocenters. The van der Waals surface area contributed by atoms with Gasteiger partial charge in [-0.2, -0.15) is 0 Å². The van der Waals surface area contributed by atoms with Crippen LogP contribution in [-0.2, 0) is 9.53 Å². The molecule has 0 bridgehead atoms. The second-order valence-corrected chi connectivity index (χ2v) is 5.29. The number of ether oxygens (including phenoxy) is 1. The standard InChI is InChI=1S/C12H21NO2/c1-8(9(2)14)11(15-3)10-6-12(4-5-12)7-13-10/h8,10-11,13H,4-7H2,1-3H3/t8-,10-,11+/m0/s1. The number of nitrogens with one attached hydrogen (secondary N) is 1. The van der Waals surface area contributed by atoms with Gasteiger partial charge in [0.05, 0.1) is 6.10 Å². The molecule has 1 aliphatic heterocycles. The lowest BCUT2D eigenvalue weighted by molar-refractivity contribution is -0.125. The van der Waals surface area contributed by atoms with Crippen molar-refractivity contribution >= 4 is 5.78 Å². The number of ketones is 1. The molecule has 2 rings (SSSR count). The van der Waals surface area contributed by atoms with E-state index in [0.717, 1.165) is 6.54 Å². The van der Waals surface area contributed by atoms with Crippen molar-refractivity contribution in [3.63, 3.8) is 0 Å². The maximum absolute atomic E-state index is 11.4. The first-order chi connectivity index (χ1) is 7.08. The van der Waals surface area contributed by atoms with Crippen molar-refractivity contribution in [2.45, 2.75) is 45.3 Å². The van der Waals surface area contributed by atoms with Crippen molar-refractivity contribution in [3.8, 4) is 0 Å². The largest absolute Gasteiger partial charge is 0.379 e. The fourth-order valence-corrected chi connectivity index (χ4v) is 2.70. The molecule has 0 unspecified atom stereocenters. The molecule has 1 spiro atoms. The fraction of sp³-hybridized carbons (Fsp3) is 0.917. The Morgan fingerprint density at radius 1 is 1.53 bits per heavy atom. The summed E-state index contributed by atoms with van der Waals surface area (Å²) in [5, 5.41) is 3.52. The van der Waals surface area contributed by atoms with Crippen LogP contribution in [-0.4, -0.2) is 31.6 Å². The van der Waals surface area contributed by atoms with E-state index >= 15 is 0 Å². The van der Waals surface area contributed by atoms with Crippen molar-refractivity contribution in [2.75, 3.05) is 13.7 Å². The van der Waals surface area contributed by atoms with Gasteiger partial charge in [0.2, 0.25) is 0 Å². The molecule has 1 aliphatic carbocycles. The number of carbonyl (C=O) groups is 1. The van der Waals surface area contributed by atoms with Gasteiger partial charge in [-0.1, -0.05) is 6.92 Å². The molecule has 1 saturated carbocycles. The lowest BCUT2D eigenvalue weighted by Gasteiger charge is -2.26. The summed E-state index contributed by atoms with van der Waals surface area (Å²) in [6.45, 7) is 4.73. The zero-order valence-electron chi connectivity index (χ0n) is 9.88. The van der Waals surface area contributed by atoms with Crippen LogP contribution in [0.25, 0.3) is 0 Å². The van der Waals surface area contributed by atoms with Crippen molar-refractivity contribution in [3.05, 3.63) is 0 Å². The van der Waals surface area contributed by atoms with Crippen LogP contribution >= 0.6 is 0 Å². The Morgan fingerprint density at radius 2 is 2.20 bits per heavy atom. The molecule has 2 fully saturated rings. The van der Waals surface area contributed by atoms with Crippen LogP contribution in [0.15, 0.2) is 0 Å². The van der Waals surface area contributed by atoms with E-state index in [4.69, 9.17) is 4.74 Å². The highest BCUT2D eigenvalue weighted by Gasteiger charge is 2.50. The van der Waals surface area contributed by atoms with Crippen molar-refractivity contribution in [2.24, 2.45) is 11.3 Å². The van der Waals surface area contributed by atoms with Crippen LogP contribution < -0.4 is 5.32 Å². The average molecular weight is 211 g/mol. The van der Waals surface area contributed by atoms with Crippen LogP contribution in [0.2, 0.25) is 0 Å². The quantitative estimate of drug-likeness (QED) is 0.763. The third-order valence-corrected chi connectivity index (χ3v) is 4.15. The first-order valence-electron chi connectivity index (χ1n) is 5.85. The Bertz CT molecular complexity index is 260. The van der Waals surface area contributed by atoms with E-state index in [1.54, 1.807) is 14.0 Å². The Morgan fingerprint density at radius 3 is 2.60 bits per heavy atom. The van der Waals surface area contributed by atoms with Crippen molar-refractivity contribution in [1.29, 1.82) is 0 Å². The van der Waals surface area contributed by atoms with Gasteiger partial charge in [-0.25, -0.2) is 0 Å². The number of methoxy groups -OCH3 is 1. The molecule has 1 N–H and O–H groups in total. The molecule has 86 valence electrons. The van der Waals surface area contributed by atoms with Gasteiger partial charge < -0.3 is 10.1 Å². The molecule has 2 aliphatic rings. The summed E-state index contributed by atoms with van der Waals surface area (Å²) in [5.74, 6) is 0.224. The van der Waals surface area contributed by atoms with Gasteiger partial charge in [-0.3, -0.25) is 4.79 Å². The molecule has 3 nitrogen and oxygen atoms in total. The second kappa shape index (κ2) is 3.87. The molecule has 0 aromatic heterocycles. The summed E-state index contributed by atoms with van der Waals surface area (Å²) in [6, 6.07) is 0.372. The highest BCUT2D eigenvalue weighted by Crippen LogP contribution is 2.52. The molecule has 0 amide bonds. The summed E-state index contributed by atoms with van der Waals surface area (Å²) in [4.78, 5) is 11.4. The third-order valence-electron chi connectivity index (χ3n) is 4.15. The maximum atomic E-state index is 11.4. The minimum absolute atomic E-state index is 0.00130. The lowest BCUT2D eigenvalue weighted by Crippen LogP contribution is -2.42. The van der Waals surface area contributed by atoms with Gasteiger partial charge in [-0.15, -0.1) is 0 Å². The van der Waals surface area contributed by atoms with Crippen LogP contribution in [0, 0.1) is 11.3 Å². The van der Waals surface area contributed by atoms with Crippen molar-refractivity contribution in [1.82, 2.24) is 5.32 Å². The zero-order chi connectivity index (χ0) is 11.1. The van der Waals surface area contributed by atoms with E-state index < -0.39 is 0 Å². The number of carbonyl (C=O) groups excluding carboxylic acids is 1. The smallest absolute Gasteiger partial charge is 0.135 e. The van der Waals surface area contributed by atoms with E-state index in [1.165, 1.54) is 19.3 Å². The Balaban J connectivity index is 1.97. The summed E-state index contributed by atoms with van der Waals surface area (Å²) in [6.07, 6.45) is 3.92. The highest BCUT2D eigenvalue weighted by molar-refractivity contribution is 5.78. The van der Waals surface area contributed by atoms with E-state index in [1.807, 2.05) is 6.92 Å². The van der Waals surface area contributed by atoms with E-state index in [-0.39, 0.29) is 17.8 Å². The summed E-state index contributed by atoms with van der Waals surface area (Å²) < 4.78 is 5.50. The van der Waals surface area contributed by atoms with Gasteiger partial charge in [0.25, 0.3) is 0 Å². The molecule has 1 heterocycles. The summed E-state index contributed by atoms with van der Waals surface area (Å²) in [5.41, 5.74) is 0.567. The minimum Gasteiger partial charge on any atom is -0.379 e. The number of hydrogen-bond donors (Lipinski definition) is 1. The first kappa shape index (κ1) is 11.1. The fourth-order valence-electron chi connectivity index (χ4n) is 2.70. The van der Waals surface area contributed by atoms with Crippen LogP contribution in [0.5, 0.6) is 0 Å². The molecule has 0 aromatic carbocycles. The Hall–Kier alpha value is -0.410. The molecule has 1 saturated heterocycles. The van der Waals surface area contributed by atoms with Gasteiger partial charge in [0.15, 0.2) is 0 Å². The Labute approximate surface area is 91.6 Å². The van der Waals surface area contributed by atoms with Gasteiger partial charge in [-0.05, 0) is 31.6 Å². The van der Waals surface area contributed by atoms with E-state index in [9.17, 15) is 4.79 Å². The average Bonchev–Trinajstić information content (AvgIpc) is 2.81. The first-order valence-corrected chi connectivity index (χ1v) is 5.85. The number of Topliss-reactive ketones (excluding diaryl/α,β-unsaturated/α-hetero) is 1. The lowest BCUT2D eigenvalue weighted by atomic mass is 9.91. The van der Waals surface area contributed by atoms with E-state index in [0.29, 0.717) is 11.5 Å². The van der Waals surface area contributed by atoms with Crippen LogP contribution in [0.4, 0.5) is 0 Å². The summed E-state index contributed by atoms with van der Waals surface area (Å²) >= 11 is 0. The monoisotopic (exact) mass is 211 g/mol. The van der Waals surface area contributed by atoms with Gasteiger partial charge >= 0.3 is 0 Å².